The summed E-state index contributed by atoms with van der Waals surface area (Å²) in [6, 6.07) is 0.449. The molecular weight excluding hydrogens is 258 g/mol. The van der Waals surface area contributed by atoms with Crippen LogP contribution in [0.25, 0.3) is 10.4 Å². The molecule has 0 aliphatic carbocycles. The molecule has 20 heavy (non-hydrogen) atoms. The molecule has 7 nitrogen and oxygen atoms in total. The summed E-state index contributed by atoms with van der Waals surface area (Å²) < 4.78 is 0. The van der Waals surface area contributed by atoms with Crippen molar-refractivity contribution in [1.29, 1.82) is 0 Å². The van der Waals surface area contributed by atoms with Crippen molar-refractivity contribution in [2.75, 3.05) is 26.2 Å². The summed E-state index contributed by atoms with van der Waals surface area (Å²) in [6.45, 7) is 6.99. The summed E-state index contributed by atoms with van der Waals surface area (Å²) >= 11 is 0. The second kappa shape index (κ2) is 8.09. The van der Waals surface area contributed by atoms with E-state index >= 15 is 0 Å². The molecule has 1 heterocycles. The molecule has 1 atom stereocenters. The van der Waals surface area contributed by atoms with Crippen LogP contribution >= 0.6 is 0 Å². The topological polar surface area (TPSA) is 101 Å². The molecule has 0 spiro atoms. The quantitative estimate of drug-likeness (QED) is 0.323. The maximum atomic E-state index is 11.7. The Hall–Kier alpha value is -1.30. The van der Waals surface area contributed by atoms with E-state index in [9.17, 15) is 9.90 Å². The standard InChI is InChI=1S/C13H25N5O2/c1-11(2)18-9-3-5-13(6-10-18,12(19)20)15-7-4-8-16-17-14/h11,15H,3-10H2,1-2H3,(H,19,20). The molecule has 0 aromatic rings. The minimum Gasteiger partial charge on any atom is -0.480 e. The highest BCUT2D eigenvalue weighted by Crippen LogP contribution is 2.24. The van der Waals surface area contributed by atoms with E-state index in [0.29, 0.717) is 38.4 Å². The first kappa shape index (κ1) is 16.8. The third kappa shape index (κ3) is 4.67. The smallest absolute Gasteiger partial charge is 0.323 e. The van der Waals surface area contributed by atoms with Gasteiger partial charge in [-0.1, -0.05) is 5.11 Å². The maximum absolute atomic E-state index is 11.7. The van der Waals surface area contributed by atoms with Gasteiger partial charge in [-0.3, -0.25) is 4.79 Å². The van der Waals surface area contributed by atoms with Crippen molar-refractivity contribution in [1.82, 2.24) is 10.2 Å². The Balaban J connectivity index is 2.58. The third-order valence-electron chi connectivity index (χ3n) is 3.98. The average Bonchev–Trinajstić information content (AvgIpc) is 2.62. The fourth-order valence-electron chi connectivity index (χ4n) is 2.66. The van der Waals surface area contributed by atoms with Gasteiger partial charge in [-0.2, -0.15) is 0 Å². The zero-order valence-electron chi connectivity index (χ0n) is 12.4. The number of likely N-dealkylation sites (tertiary alicyclic amines) is 1. The fourth-order valence-corrected chi connectivity index (χ4v) is 2.66. The van der Waals surface area contributed by atoms with E-state index in [1.54, 1.807) is 0 Å². The molecule has 114 valence electrons. The molecule has 1 saturated heterocycles. The first-order chi connectivity index (χ1) is 9.52. The molecule has 1 unspecified atom stereocenters. The van der Waals surface area contributed by atoms with Gasteiger partial charge in [0.2, 0.25) is 0 Å². The van der Waals surface area contributed by atoms with Crippen LogP contribution in [0.5, 0.6) is 0 Å². The van der Waals surface area contributed by atoms with Crippen molar-refractivity contribution >= 4 is 5.97 Å². The summed E-state index contributed by atoms with van der Waals surface area (Å²) in [6.07, 6.45) is 2.80. The van der Waals surface area contributed by atoms with Crippen molar-refractivity contribution in [2.24, 2.45) is 5.11 Å². The average molecular weight is 283 g/mol. The van der Waals surface area contributed by atoms with E-state index in [2.05, 4.69) is 34.1 Å². The van der Waals surface area contributed by atoms with Crippen LogP contribution in [-0.4, -0.2) is 53.7 Å². The van der Waals surface area contributed by atoms with Gasteiger partial charge in [-0.25, -0.2) is 0 Å². The summed E-state index contributed by atoms with van der Waals surface area (Å²) in [5.74, 6) is -0.771. The molecule has 1 aliphatic heterocycles. The molecule has 0 aromatic heterocycles. The summed E-state index contributed by atoms with van der Waals surface area (Å²) in [4.78, 5) is 16.7. The van der Waals surface area contributed by atoms with Gasteiger partial charge >= 0.3 is 5.97 Å². The van der Waals surface area contributed by atoms with E-state index < -0.39 is 11.5 Å². The Bertz CT molecular complexity index is 368. The molecule has 0 bridgehead atoms. The van der Waals surface area contributed by atoms with Crippen LogP contribution in [0.2, 0.25) is 0 Å². The van der Waals surface area contributed by atoms with Crippen LogP contribution in [-0.2, 0) is 4.79 Å². The van der Waals surface area contributed by atoms with E-state index in [1.807, 2.05) is 0 Å². The van der Waals surface area contributed by atoms with Crippen molar-refractivity contribution in [3.05, 3.63) is 10.4 Å². The van der Waals surface area contributed by atoms with E-state index in [0.717, 1.165) is 19.5 Å². The number of nitrogens with one attached hydrogen (secondary N) is 1. The largest absolute Gasteiger partial charge is 0.480 e. The maximum Gasteiger partial charge on any atom is 0.323 e. The van der Waals surface area contributed by atoms with Crippen LogP contribution in [0.4, 0.5) is 0 Å². The predicted molar refractivity (Wildman–Crippen MR) is 77.6 cm³/mol. The Morgan fingerprint density at radius 2 is 2.25 bits per heavy atom. The van der Waals surface area contributed by atoms with Gasteiger partial charge in [0, 0.05) is 24.0 Å². The molecule has 0 aromatic carbocycles. The Kier molecular flexibility index (Phi) is 6.78. The second-order valence-corrected chi connectivity index (χ2v) is 5.61. The number of hydrogen-bond acceptors (Lipinski definition) is 4. The zero-order valence-corrected chi connectivity index (χ0v) is 12.4. The molecule has 2 N–H and O–H groups in total. The lowest BCUT2D eigenvalue weighted by molar-refractivity contribution is -0.145. The Labute approximate surface area is 120 Å². The molecular formula is C13H25N5O2. The SMILES string of the molecule is CC(C)N1CCCC(NCCCN=[N+]=[N-])(C(=O)O)CC1. The monoisotopic (exact) mass is 283 g/mol. The van der Waals surface area contributed by atoms with Gasteiger partial charge in [-0.05, 0) is 58.2 Å². The second-order valence-electron chi connectivity index (χ2n) is 5.61. The number of carbonyl (C=O) groups is 1. The van der Waals surface area contributed by atoms with E-state index in [1.165, 1.54) is 0 Å². The van der Waals surface area contributed by atoms with Gasteiger partial charge in [0.15, 0.2) is 0 Å². The number of carboxylic acids is 1. The lowest BCUT2D eigenvalue weighted by Gasteiger charge is -2.30. The first-order valence-electron chi connectivity index (χ1n) is 7.25. The Morgan fingerprint density at radius 1 is 1.50 bits per heavy atom. The highest BCUT2D eigenvalue weighted by molar-refractivity contribution is 5.78. The molecule has 7 heteroatoms. The lowest BCUT2D eigenvalue weighted by atomic mass is 9.90. The Morgan fingerprint density at radius 3 is 2.85 bits per heavy atom. The fraction of sp³-hybridized carbons (Fsp3) is 0.923. The zero-order chi connectivity index (χ0) is 15.0. The van der Waals surface area contributed by atoms with E-state index in [-0.39, 0.29) is 0 Å². The van der Waals surface area contributed by atoms with Crippen LogP contribution in [0.3, 0.4) is 0 Å². The highest BCUT2D eigenvalue weighted by Gasteiger charge is 2.39. The minimum atomic E-state index is -0.833. The number of nitrogens with zero attached hydrogens (tertiary/aromatic N) is 4. The molecule has 1 aliphatic rings. The number of azide groups is 1. The van der Waals surface area contributed by atoms with Crippen LogP contribution in [0.15, 0.2) is 5.11 Å². The summed E-state index contributed by atoms with van der Waals surface area (Å²) in [5.41, 5.74) is 7.38. The number of rotatable bonds is 7. The minimum absolute atomic E-state index is 0.400. The number of carboxylic acid groups (broad SMARTS) is 1. The predicted octanol–water partition coefficient (Wildman–Crippen LogP) is 1.99. The molecule has 0 saturated carbocycles. The van der Waals surface area contributed by atoms with Gasteiger partial charge in [0.25, 0.3) is 0 Å². The molecule has 0 amide bonds. The van der Waals surface area contributed by atoms with E-state index in [4.69, 9.17) is 5.53 Å². The van der Waals surface area contributed by atoms with Crippen molar-refractivity contribution < 1.29 is 9.90 Å². The third-order valence-corrected chi connectivity index (χ3v) is 3.98. The number of aliphatic carboxylic acids is 1. The van der Waals surface area contributed by atoms with Gasteiger partial charge in [0.1, 0.15) is 5.54 Å². The molecule has 0 radical (unpaired) electrons. The van der Waals surface area contributed by atoms with Gasteiger partial charge < -0.3 is 15.3 Å². The summed E-state index contributed by atoms with van der Waals surface area (Å²) in [5, 5.41) is 16.2. The normalized spacial score (nSPS) is 24.1. The van der Waals surface area contributed by atoms with Gasteiger partial charge in [-0.15, -0.1) is 0 Å². The number of hydrogen-bond donors (Lipinski definition) is 2. The highest BCUT2D eigenvalue weighted by atomic mass is 16.4. The van der Waals surface area contributed by atoms with Crippen molar-refractivity contribution in [2.45, 2.75) is 51.1 Å². The van der Waals surface area contributed by atoms with Crippen molar-refractivity contribution in [3.63, 3.8) is 0 Å². The summed E-state index contributed by atoms with van der Waals surface area (Å²) in [7, 11) is 0. The van der Waals surface area contributed by atoms with Crippen LogP contribution in [0.1, 0.15) is 39.5 Å². The molecule has 1 fully saturated rings. The lowest BCUT2D eigenvalue weighted by Crippen LogP contribution is -2.53. The van der Waals surface area contributed by atoms with Crippen LogP contribution in [0, 0.1) is 0 Å². The molecule has 1 rings (SSSR count). The van der Waals surface area contributed by atoms with Gasteiger partial charge in [0.05, 0.1) is 0 Å². The first-order valence-corrected chi connectivity index (χ1v) is 7.25. The van der Waals surface area contributed by atoms with Crippen LogP contribution < -0.4 is 5.32 Å². The van der Waals surface area contributed by atoms with Crippen molar-refractivity contribution in [3.8, 4) is 0 Å².